The molecule has 2 aromatic rings. The smallest absolute Gasteiger partial charge is 0.272 e. The SMILES string of the molecule is CCNc1cncc(C(=O)NC(C)c2nncn2C)n1. The number of rotatable bonds is 5. The summed E-state index contributed by atoms with van der Waals surface area (Å²) < 4.78 is 1.76. The molecule has 0 aliphatic rings. The summed E-state index contributed by atoms with van der Waals surface area (Å²) in [6.07, 6.45) is 4.59. The number of hydrogen-bond donors (Lipinski definition) is 2. The molecule has 0 saturated heterocycles. The lowest BCUT2D eigenvalue weighted by atomic mass is 10.3. The Hall–Kier alpha value is -2.51. The molecule has 1 atom stereocenters. The van der Waals surface area contributed by atoms with Crippen molar-refractivity contribution >= 4 is 11.7 Å². The fourth-order valence-corrected chi connectivity index (χ4v) is 1.76. The van der Waals surface area contributed by atoms with Crippen LogP contribution in [0.5, 0.6) is 0 Å². The van der Waals surface area contributed by atoms with Crippen molar-refractivity contribution in [1.29, 1.82) is 0 Å². The van der Waals surface area contributed by atoms with Gasteiger partial charge in [-0.15, -0.1) is 10.2 Å². The van der Waals surface area contributed by atoms with Crippen LogP contribution in [0.15, 0.2) is 18.7 Å². The third-order valence-electron chi connectivity index (χ3n) is 2.71. The van der Waals surface area contributed by atoms with Crippen LogP contribution in [0.1, 0.15) is 36.2 Å². The second-order valence-electron chi connectivity index (χ2n) is 4.32. The Morgan fingerprint density at radius 1 is 1.45 bits per heavy atom. The van der Waals surface area contributed by atoms with Gasteiger partial charge in [-0.2, -0.15) is 0 Å². The molecule has 2 N–H and O–H groups in total. The van der Waals surface area contributed by atoms with Crippen LogP contribution in [-0.4, -0.2) is 37.2 Å². The monoisotopic (exact) mass is 275 g/mol. The van der Waals surface area contributed by atoms with Crippen LogP contribution in [0.25, 0.3) is 0 Å². The molecule has 0 saturated carbocycles. The van der Waals surface area contributed by atoms with Gasteiger partial charge in [0.1, 0.15) is 17.8 Å². The zero-order valence-electron chi connectivity index (χ0n) is 11.7. The fraction of sp³-hybridized carbons (Fsp3) is 0.417. The normalized spacial score (nSPS) is 11.9. The average molecular weight is 275 g/mol. The first kappa shape index (κ1) is 13.9. The van der Waals surface area contributed by atoms with Gasteiger partial charge in [-0.1, -0.05) is 0 Å². The summed E-state index contributed by atoms with van der Waals surface area (Å²) in [6.45, 7) is 4.50. The Morgan fingerprint density at radius 3 is 2.90 bits per heavy atom. The third kappa shape index (κ3) is 3.08. The van der Waals surface area contributed by atoms with Crippen LogP contribution in [0, 0.1) is 0 Å². The predicted molar refractivity (Wildman–Crippen MR) is 73.1 cm³/mol. The molecule has 0 spiro atoms. The Balaban J connectivity index is 2.08. The van der Waals surface area contributed by atoms with Gasteiger partial charge < -0.3 is 15.2 Å². The van der Waals surface area contributed by atoms with Crippen molar-refractivity contribution in [2.45, 2.75) is 19.9 Å². The van der Waals surface area contributed by atoms with Crippen LogP contribution in [0.4, 0.5) is 5.82 Å². The standard InChI is InChI=1S/C12H17N7O/c1-4-14-10-6-13-5-9(17-10)12(20)16-8(2)11-18-15-7-19(11)3/h5-8H,4H2,1-3H3,(H,14,17)(H,16,20). The van der Waals surface area contributed by atoms with Gasteiger partial charge in [0.2, 0.25) is 0 Å². The molecule has 8 heteroatoms. The molecule has 2 aromatic heterocycles. The number of carbonyl (C=O) groups excluding carboxylic acids is 1. The number of amides is 1. The van der Waals surface area contributed by atoms with Gasteiger partial charge in [0.25, 0.3) is 5.91 Å². The van der Waals surface area contributed by atoms with Gasteiger partial charge in [-0.25, -0.2) is 4.98 Å². The first-order valence-electron chi connectivity index (χ1n) is 6.32. The number of aryl methyl sites for hydroxylation is 1. The minimum Gasteiger partial charge on any atom is -0.369 e. The summed E-state index contributed by atoms with van der Waals surface area (Å²) in [4.78, 5) is 20.3. The Bertz CT molecular complexity index is 595. The molecule has 2 heterocycles. The topological polar surface area (TPSA) is 97.6 Å². The minimum atomic E-state index is -0.298. The van der Waals surface area contributed by atoms with Crippen molar-refractivity contribution in [3.63, 3.8) is 0 Å². The second-order valence-corrected chi connectivity index (χ2v) is 4.32. The summed E-state index contributed by atoms with van der Waals surface area (Å²) >= 11 is 0. The van der Waals surface area contributed by atoms with Gasteiger partial charge >= 0.3 is 0 Å². The van der Waals surface area contributed by atoms with Crippen LogP contribution in [-0.2, 0) is 7.05 Å². The average Bonchev–Trinajstić information content (AvgIpc) is 2.86. The molecule has 0 aliphatic heterocycles. The van der Waals surface area contributed by atoms with E-state index in [-0.39, 0.29) is 17.6 Å². The van der Waals surface area contributed by atoms with E-state index < -0.39 is 0 Å². The minimum absolute atomic E-state index is 0.262. The molecular formula is C12H17N7O. The van der Waals surface area contributed by atoms with E-state index in [2.05, 4.69) is 30.8 Å². The highest BCUT2D eigenvalue weighted by Gasteiger charge is 2.16. The van der Waals surface area contributed by atoms with Crippen molar-refractivity contribution in [1.82, 2.24) is 30.0 Å². The second kappa shape index (κ2) is 6.09. The van der Waals surface area contributed by atoms with E-state index in [9.17, 15) is 4.79 Å². The summed E-state index contributed by atoms with van der Waals surface area (Å²) in [5.74, 6) is 0.952. The third-order valence-corrected chi connectivity index (χ3v) is 2.71. The quantitative estimate of drug-likeness (QED) is 0.826. The summed E-state index contributed by atoms with van der Waals surface area (Å²) in [5.41, 5.74) is 0.262. The highest BCUT2D eigenvalue weighted by Crippen LogP contribution is 2.09. The van der Waals surface area contributed by atoms with Gasteiger partial charge in [0.05, 0.1) is 18.4 Å². The first-order chi connectivity index (χ1) is 9.61. The molecule has 0 aliphatic carbocycles. The number of nitrogens with zero attached hydrogens (tertiary/aromatic N) is 5. The van der Waals surface area contributed by atoms with E-state index in [1.165, 1.54) is 6.20 Å². The molecule has 0 bridgehead atoms. The Kier molecular flexibility index (Phi) is 4.24. The lowest BCUT2D eigenvalue weighted by molar-refractivity contribution is 0.0932. The maximum absolute atomic E-state index is 12.1. The van der Waals surface area contributed by atoms with E-state index in [0.29, 0.717) is 11.6 Å². The number of carbonyl (C=O) groups is 1. The highest BCUT2D eigenvalue weighted by atomic mass is 16.2. The maximum atomic E-state index is 12.1. The molecule has 8 nitrogen and oxygen atoms in total. The van der Waals surface area contributed by atoms with Crippen molar-refractivity contribution in [2.75, 3.05) is 11.9 Å². The largest absolute Gasteiger partial charge is 0.369 e. The lowest BCUT2D eigenvalue weighted by Crippen LogP contribution is -2.29. The summed E-state index contributed by atoms with van der Waals surface area (Å²) in [6, 6.07) is -0.264. The van der Waals surface area contributed by atoms with Crippen molar-refractivity contribution in [2.24, 2.45) is 7.05 Å². The molecule has 0 fully saturated rings. The zero-order chi connectivity index (χ0) is 14.5. The molecule has 0 radical (unpaired) electrons. The molecule has 1 unspecified atom stereocenters. The number of aromatic nitrogens is 5. The molecule has 20 heavy (non-hydrogen) atoms. The predicted octanol–water partition coefficient (Wildman–Crippen LogP) is 0.528. The maximum Gasteiger partial charge on any atom is 0.272 e. The van der Waals surface area contributed by atoms with Crippen LogP contribution in [0.3, 0.4) is 0 Å². The van der Waals surface area contributed by atoms with Crippen LogP contribution in [0.2, 0.25) is 0 Å². The molecular weight excluding hydrogens is 258 g/mol. The summed E-state index contributed by atoms with van der Waals surface area (Å²) in [7, 11) is 1.82. The lowest BCUT2D eigenvalue weighted by Gasteiger charge is -2.12. The van der Waals surface area contributed by atoms with E-state index in [1.807, 2.05) is 20.9 Å². The number of hydrogen-bond acceptors (Lipinski definition) is 6. The zero-order valence-corrected chi connectivity index (χ0v) is 11.7. The van der Waals surface area contributed by atoms with Crippen LogP contribution >= 0.6 is 0 Å². The van der Waals surface area contributed by atoms with Gasteiger partial charge in [0, 0.05) is 13.6 Å². The molecule has 106 valence electrons. The molecule has 0 aromatic carbocycles. The van der Waals surface area contributed by atoms with Crippen LogP contribution < -0.4 is 10.6 Å². The Morgan fingerprint density at radius 2 is 2.25 bits per heavy atom. The van der Waals surface area contributed by atoms with Gasteiger partial charge in [-0.3, -0.25) is 9.78 Å². The Labute approximate surface area is 116 Å². The molecule has 1 amide bonds. The van der Waals surface area contributed by atoms with Gasteiger partial charge in [-0.05, 0) is 13.8 Å². The van der Waals surface area contributed by atoms with E-state index in [0.717, 1.165) is 6.54 Å². The van der Waals surface area contributed by atoms with Crippen molar-refractivity contribution < 1.29 is 4.79 Å². The van der Waals surface area contributed by atoms with Crippen molar-refractivity contribution in [3.8, 4) is 0 Å². The highest BCUT2D eigenvalue weighted by molar-refractivity contribution is 5.92. The van der Waals surface area contributed by atoms with E-state index >= 15 is 0 Å². The number of nitrogens with one attached hydrogen (secondary N) is 2. The van der Waals surface area contributed by atoms with Gasteiger partial charge in [0.15, 0.2) is 5.82 Å². The summed E-state index contributed by atoms with van der Waals surface area (Å²) in [5, 5.41) is 13.6. The first-order valence-corrected chi connectivity index (χ1v) is 6.32. The van der Waals surface area contributed by atoms with Crippen molar-refractivity contribution in [3.05, 3.63) is 30.2 Å². The van der Waals surface area contributed by atoms with E-state index in [1.54, 1.807) is 17.1 Å². The van der Waals surface area contributed by atoms with E-state index in [4.69, 9.17) is 0 Å². The number of anilines is 1. The molecule has 2 rings (SSSR count). The fourth-order valence-electron chi connectivity index (χ4n) is 1.76.